The number of nitrogens with zero attached hydrogens (tertiary/aromatic N) is 1. The molecule has 0 bridgehead atoms. The molecule has 0 atom stereocenters. The number of aromatic nitrogens is 1. The van der Waals surface area contributed by atoms with Gasteiger partial charge in [-0.15, -0.1) is 11.3 Å². The molecule has 0 radical (unpaired) electrons. The van der Waals surface area contributed by atoms with Gasteiger partial charge in [0.15, 0.2) is 5.13 Å². The highest BCUT2D eigenvalue weighted by Crippen LogP contribution is 2.37. The average Bonchev–Trinajstić information content (AvgIpc) is 3.01. The molecule has 5 nitrogen and oxygen atoms in total. The Bertz CT molecular complexity index is 958. The van der Waals surface area contributed by atoms with Crippen LogP contribution in [0.2, 0.25) is 10.0 Å². The Hall–Kier alpha value is -2.28. The number of rotatable bonds is 7. The Labute approximate surface area is 170 Å². The van der Waals surface area contributed by atoms with Crippen molar-refractivity contribution in [2.45, 2.75) is 13.3 Å². The summed E-state index contributed by atoms with van der Waals surface area (Å²) in [6.45, 7) is 2.49. The maximum absolute atomic E-state index is 11.3. The van der Waals surface area contributed by atoms with Gasteiger partial charge in [0.25, 0.3) is 0 Å². The number of nitrogens with one attached hydrogen (secondary N) is 1. The Morgan fingerprint density at radius 3 is 2.63 bits per heavy atom. The van der Waals surface area contributed by atoms with Crippen molar-refractivity contribution in [2.75, 3.05) is 11.9 Å². The highest BCUT2D eigenvalue weighted by atomic mass is 35.5. The second kappa shape index (κ2) is 8.61. The number of carboxylic acids is 1. The lowest BCUT2D eigenvalue weighted by Crippen LogP contribution is -1.99. The SMILES string of the molecule is CCOc1ccc(-c2nc(Nc3cccc(Cl)c3Cl)sc2CC(=O)O)cc1. The highest BCUT2D eigenvalue weighted by molar-refractivity contribution is 7.16. The monoisotopic (exact) mass is 422 g/mol. The minimum Gasteiger partial charge on any atom is -0.494 e. The molecule has 27 heavy (non-hydrogen) atoms. The van der Waals surface area contributed by atoms with E-state index in [1.807, 2.05) is 31.2 Å². The van der Waals surface area contributed by atoms with Crippen molar-refractivity contribution >= 4 is 51.3 Å². The molecule has 1 heterocycles. The minimum atomic E-state index is -0.918. The molecule has 0 spiro atoms. The first-order valence-corrected chi connectivity index (χ1v) is 9.71. The maximum atomic E-state index is 11.3. The first-order chi connectivity index (χ1) is 13.0. The number of hydrogen-bond acceptors (Lipinski definition) is 5. The fourth-order valence-electron chi connectivity index (χ4n) is 2.48. The number of ether oxygens (including phenoxy) is 1. The summed E-state index contributed by atoms with van der Waals surface area (Å²) < 4.78 is 5.45. The van der Waals surface area contributed by atoms with E-state index in [1.165, 1.54) is 11.3 Å². The first-order valence-electron chi connectivity index (χ1n) is 8.13. The van der Waals surface area contributed by atoms with E-state index >= 15 is 0 Å². The molecule has 3 rings (SSSR count). The van der Waals surface area contributed by atoms with E-state index in [2.05, 4.69) is 10.3 Å². The van der Waals surface area contributed by atoms with E-state index in [0.717, 1.165) is 11.3 Å². The van der Waals surface area contributed by atoms with Gasteiger partial charge in [0.05, 0.1) is 34.5 Å². The first kappa shape index (κ1) is 19.5. The minimum absolute atomic E-state index is 0.120. The number of carbonyl (C=O) groups is 1. The van der Waals surface area contributed by atoms with Crippen LogP contribution in [0, 0.1) is 0 Å². The smallest absolute Gasteiger partial charge is 0.308 e. The molecule has 3 aromatic rings. The molecular weight excluding hydrogens is 407 g/mol. The van der Waals surface area contributed by atoms with E-state index in [4.69, 9.17) is 27.9 Å². The Morgan fingerprint density at radius 1 is 1.22 bits per heavy atom. The molecule has 0 unspecified atom stereocenters. The summed E-state index contributed by atoms with van der Waals surface area (Å²) in [6, 6.07) is 12.6. The summed E-state index contributed by atoms with van der Waals surface area (Å²) in [4.78, 5) is 16.5. The summed E-state index contributed by atoms with van der Waals surface area (Å²) in [5.41, 5.74) is 2.04. The lowest BCUT2D eigenvalue weighted by atomic mass is 10.1. The van der Waals surface area contributed by atoms with E-state index in [-0.39, 0.29) is 6.42 Å². The second-order valence-electron chi connectivity index (χ2n) is 5.55. The predicted molar refractivity (Wildman–Crippen MR) is 110 cm³/mol. The summed E-state index contributed by atoms with van der Waals surface area (Å²) in [5.74, 6) is -0.168. The fraction of sp³-hybridized carbons (Fsp3) is 0.158. The average molecular weight is 423 g/mol. The molecule has 0 amide bonds. The van der Waals surface area contributed by atoms with Crippen molar-refractivity contribution in [1.29, 1.82) is 0 Å². The Morgan fingerprint density at radius 2 is 1.96 bits per heavy atom. The van der Waals surface area contributed by atoms with Crippen molar-refractivity contribution in [2.24, 2.45) is 0 Å². The number of aliphatic carboxylic acids is 1. The van der Waals surface area contributed by atoms with Gasteiger partial charge in [-0.1, -0.05) is 29.3 Å². The van der Waals surface area contributed by atoms with Crippen molar-refractivity contribution in [3.05, 3.63) is 57.4 Å². The molecule has 2 aromatic carbocycles. The van der Waals surface area contributed by atoms with Gasteiger partial charge in [0.2, 0.25) is 0 Å². The maximum Gasteiger partial charge on any atom is 0.308 e. The van der Waals surface area contributed by atoms with Gasteiger partial charge in [-0.05, 0) is 43.3 Å². The Balaban J connectivity index is 1.95. The molecule has 1 aromatic heterocycles. The van der Waals surface area contributed by atoms with E-state index in [0.29, 0.717) is 38.0 Å². The molecule has 0 aliphatic heterocycles. The van der Waals surface area contributed by atoms with Gasteiger partial charge >= 0.3 is 5.97 Å². The topological polar surface area (TPSA) is 71.5 Å². The van der Waals surface area contributed by atoms with Crippen LogP contribution in [0.15, 0.2) is 42.5 Å². The number of halogens is 2. The number of carboxylic acid groups (broad SMARTS) is 1. The van der Waals surface area contributed by atoms with Crippen LogP contribution < -0.4 is 10.1 Å². The van der Waals surface area contributed by atoms with Gasteiger partial charge in [0, 0.05) is 10.4 Å². The van der Waals surface area contributed by atoms with Gasteiger partial charge in [-0.3, -0.25) is 4.79 Å². The third kappa shape index (κ3) is 4.71. The van der Waals surface area contributed by atoms with Crippen LogP contribution in [-0.4, -0.2) is 22.7 Å². The zero-order chi connectivity index (χ0) is 19.4. The van der Waals surface area contributed by atoms with Crippen LogP contribution in [0.3, 0.4) is 0 Å². The quantitative estimate of drug-likeness (QED) is 0.496. The summed E-state index contributed by atoms with van der Waals surface area (Å²) in [5, 5.41) is 13.7. The van der Waals surface area contributed by atoms with Crippen LogP contribution in [0.25, 0.3) is 11.3 Å². The molecule has 0 saturated carbocycles. The molecular formula is C19H16Cl2N2O3S. The third-order valence-electron chi connectivity index (χ3n) is 3.64. The van der Waals surface area contributed by atoms with Crippen molar-refractivity contribution in [3.8, 4) is 17.0 Å². The predicted octanol–water partition coefficient (Wildman–Crippen LogP) is 5.89. The highest BCUT2D eigenvalue weighted by Gasteiger charge is 2.17. The van der Waals surface area contributed by atoms with E-state index in [9.17, 15) is 9.90 Å². The number of thiazole rings is 1. The lowest BCUT2D eigenvalue weighted by Gasteiger charge is -2.06. The number of hydrogen-bond donors (Lipinski definition) is 2. The largest absolute Gasteiger partial charge is 0.494 e. The van der Waals surface area contributed by atoms with Gasteiger partial charge in [-0.25, -0.2) is 4.98 Å². The number of benzene rings is 2. The molecule has 0 aliphatic carbocycles. The van der Waals surface area contributed by atoms with Crippen LogP contribution in [0.5, 0.6) is 5.75 Å². The summed E-state index contributed by atoms with van der Waals surface area (Å²) in [7, 11) is 0. The molecule has 2 N–H and O–H groups in total. The van der Waals surface area contributed by atoms with E-state index in [1.54, 1.807) is 18.2 Å². The van der Waals surface area contributed by atoms with Crippen molar-refractivity contribution in [1.82, 2.24) is 4.98 Å². The normalized spacial score (nSPS) is 10.6. The zero-order valence-electron chi connectivity index (χ0n) is 14.3. The molecule has 140 valence electrons. The van der Waals surface area contributed by atoms with Crippen LogP contribution in [-0.2, 0) is 11.2 Å². The van der Waals surface area contributed by atoms with Crippen molar-refractivity contribution in [3.63, 3.8) is 0 Å². The second-order valence-corrected chi connectivity index (χ2v) is 7.41. The molecule has 0 fully saturated rings. The molecule has 0 saturated heterocycles. The van der Waals surface area contributed by atoms with Gasteiger partial charge in [0.1, 0.15) is 5.75 Å². The van der Waals surface area contributed by atoms with Crippen molar-refractivity contribution < 1.29 is 14.6 Å². The standard InChI is InChI=1S/C19H16Cl2N2O3S/c1-2-26-12-8-6-11(7-9-12)18-15(10-16(24)25)27-19(23-18)22-14-5-3-4-13(20)17(14)21/h3-9H,2,10H2,1H3,(H,22,23)(H,24,25). The molecule has 0 aliphatic rings. The van der Waals surface area contributed by atoms with E-state index < -0.39 is 5.97 Å². The van der Waals surface area contributed by atoms with Gasteiger partial charge in [-0.2, -0.15) is 0 Å². The Kier molecular flexibility index (Phi) is 6.21. The van der Waals surface area contributed by atoms with Crippen LogP contribution >= 0.6 is 34.5 Å². The fourth-order valence-corrected chi connectivity index (χ4v) is 3.81. The van der Waals surface area contributed by atoms with Crippen LogP contribution in [0.1, 0.15) is 11.8 Å². The molecule has 8 heteroatoms. The third-order valence-corrected chi connectivity index (χ3v) is 5.43. The van der Waals surface area contributed by atoms with Gasteiger partial charge < -0.3 is 15.2 Å². The van der Waals surface area contributed by atoms with Crippen LogP contribution in [0.4, 0.5) is 10.8 Å². The summed E-state index contributed by atoms with van der Waals surface area (Å²) in [6.07, 6.45) is -0.120. The summed E-state index contributed by atoms with van der Waals surface area (Å²) >= 11 is 13.5. The zero-order valence-corrected chi connectivity index (χ0v) is 16.7. The number of anilines is 2. The lowest BCUT2D eigenvalue weighted by molar-refractivity contribution is -0.136.